The first-order valence-electron chi connectivity index (χ1n) is 10.5. The second-order valence-electron chi connectivity index (χ2n) is 7.74. The van der Waals surface area contributed by atoms with E-state index in [4.69, 9.17) is 14.2 Å². The summed E-state index contributed by atoms with van der Waals surface area (Å²) >= 11 is 0. The molecule has 0 spiro atoms. The average molecular weight is 386 g/mol. The lowest BCUT2D eigenvalue weighted by molar-refractivity contribution is -0.127. The highest BCUT2D eigenvalue weighted by molar-refractivity contribution is 5.83. The van der Waals surface area contributed by atoms with Gasteiger partial charge in [0.2, 0.25) is 5.91 Å². The number of hydrogen-bond acceptors (Lipinski definition) is 5. The zero-order valence-corrected chi connectivity index (χ0v) is 17.6. The van der Waals surface area contributed by atoms with Gasteiger partial charge in [0.1, 0.15) is 5.78 Å². The molecule has 0 aromatic heterocycles. The number of Topliss-reactive ketones (excluding diaryl/α,β-unsaturated/α-hetero) is 1. The van der Waals surface area contributed by atoms with Crippen LogP contribution in [0.15, 0.2) is 0 Å². The third-order valence-corrected chi connectivity index (χ3v) is 5.11. The van der Waals surface area contributed by atoms with Gasteiger partial charge in [-0.25, -0.2) is 0 Å². The standard InChI is InChI=1S/C21H39NO5/c1-5-17(4)27-15-14-26-13-12-25-11-10-20(23)22-19-8-6-18(7-9-19)21(24)16(2)3/h16-19H,5-15H2,1-4H3,(H,22,23). The molecule has 0 saturated heterocycles. The van der Waals surface area contributed by atoms with Crippen LogP contribution >= 0.6 is 0 Å². The quantitative estimate of drug-likeness (QED) is 0.465. The first kappa shape index (κ1) is 24.1. The molecule has 0 bridgehead atoms. The van der Waals surface area contributed by atoms with Gasteiger partial charge in [-0.3, -0.25) is 9.59 Å². The Bertz CT molecular complexity index is 419. The molecule has 1 amide bonds. The van der Waals surface area contributed by atoms with E-state index in [0.29, 0.717) is 45.2 Å². The third-order valence-electron chi connectivity index (χ3n) is 5.11. The molecule has 6 heteroatoms. The van der Waals surface area contributed by atoms with Crippen molar-refractivity contribution in [2.75, 3.05) is 33.0 Å². The van der Waals surface area contributed by atoms with E-state index in [0.717, 1.165) is 32.1 Å². The van der Waals surface area contributed by atoms with Gasteiger partial charge < -0.3 is 19.5 Å². The molecule has 1 atom stereocenters. The molecule has 1 aliphatic carbocycles. The van der Waals surface area contributed by atoms with Crippen molar-refractivity contribution in [3.05, 3.63) is 0 Å². The van der Waals surface area contributed by atoms with E-state index in [1.807, 2.05) is 20.8 Å². The molecule has 1 aliphatic rings. The number of carbonyl (C=O) groups excluding carboxylic acids is 2. The van der Waals surface area contributed by atoms with Crippen LogP contribution in [0, 0.1) is 11.8 Å². The maximum atomic E-state index is 12.0. The predicted octanol–water partition coefficient (Wildman–Crippen LogP) is 3.12. The van der Waals surface area contributed by atoms with E-state index >= 15 is 0 Å². The Kier molecular flexibility index (Phi) is 12.5. The van der Waals surface area contributed by atoms with Crippen LogP contribution in [0.25, 0.3) is 0 Å². The Hall–Kier alpha value is -0.980. The fraction of sp³-hybridized carbons (Fsp3) is 0.905. The summed E-state index contributed by atoms with van der Waals surface area (Å²) in [7, 11) is 0. The molecular formula is C21H39NO5. The number of carbonyl (C=O) groups is 2. The van der Waals surface area contributed by atoms with E-state index in [9.17, 15) is 9.59 Å². The summed E-state index contributed by atoms with van der Waals surface area (Å²) in [4.78, 5) is 24.0. The van der Waals surface area contributed by atoms with Gasteiger partial charge in [-0.1, -0.05) is 20.8 Å². The highest BCUT2D eigenvalue weighted by Crippen LogP contribution is 2.27. The van der Waals surface area contributed by atoms with E-state index in [1.165, 1.54) is 0 Å². The van der Waals surface area contributed by atoms with Crippen LogP contribution in [-0.4, -0.2) is 56.9 Å². The molecule has 6 nitrogen and oxygen atoms in total. The van der Waals surface area contributed by atoms with Crippen molar-refractivity contribution < 1.29 is 23.8 Å². The van der Waals surface area contributed by atoms with E-state index in [1.54, 1.807) is 0 Å². The van der Waals surface area contributed by atoms with Gasteiger partial charge in [0.25, 0.3) is 0 Å². The molecule has 1 saturated carbocycles. The zero-order chi connectivity index (χ0) is 20.1. The third kappa shape index (κ3) is 10.8. The second-order valence-corrected chi connectivity index (χ2v) is 7.74. The molecule has 0 aromatic rings. The average Bonchev–Trinajstić information content (AvgIpc) is 2.66. The van der Waals surface area contributed by atoms with Crippen LogP contribution in [0.2, 0.25) is 0 Å². The summed E-state index contributed by atoms with van der Waals surface area (Å²) in [5, 5.41) is 3.06. The lowest BCUT2D eigenvalue weighted by atomic mass is 9.80. The zero-order valence-electron chi connectivity index (χ0n) is 17.6. The first-order valence-corrected chi connectivity index (χ1v) is 10.5. The smallest absolute Gasteiger partial charge is 0.222 e. The highest BCUT2D eigenvalue weighted by Gasteiger charge is 2.28. The van der Waals surface area contributed by atoms with Crippen molar-refractivity contribution in [3.8, 4) is 0 Å². The van der Waals surface area contributed by atoms with Crippen molar-refractivity contribution in [1.82, 2.24) is 5.32 Å². The van der Waals surface area contributed by atoms with Crippen LogP contribution in [0.3, 0.4) is 0 Å². The van der Waals surface area contributed by atoms with Crippen LogP contribution in [0.5, 0.6) is 0 Å². The van der Waals surface area contributed by atoms with Gasteiger partial charge >= 0.3 is 0 Å². The monoisotopic (exact) mass is 385 g/mol. The largest absolute Gasteiger partial charge is 0.379 e. The van der Waals surface area contributed by atoms with Gasteiger partial charge in [0.05, 0.1) is 39.1 Å². The summed E-state index contributed by atoms with van der Waals surface area (Å²) in [6.07, 6.45) is 5.19. The summed E-state index contributed by atoms with van der Waals surface area (Å²) in [6.45, 7) is 10.6. The van der Waals surface area contributed by atoms with Gasteiger partial charge in [-0.05, 0) is 39.0 Å². The van der Waals surface area contributed by atoms with Crippen LogP contribution in [0.1, 0.15) is 66.2 Å². The fourth-order valence-corrected chi connectivity index (χ4v) is 3.21. The van der Waals surface area contributed by atoms with Crippen LogP contribution in [-0.2, 0) is 23.8 Å². The predicted molar refractivity (Wildman–Crippen MR) is 106 cm³/mol. The molecule has 158 valence electrons. The van der Waals surface area contributed by atoms with E-state index < -0.39 is 0 Å². The fourth-order valence-electron chi connectivity index (χ4n) is 3.21. The minimum absolute atomic E-state index is 0.0245. The summed E-state index contributed by atoms with van der Waals surface area (Å²) in [5.74, 6) is 0.671. The molecule has 0 aliphatic heterocycles. The van der Waals surface area contributed by atoms with Gasteiger partial charge in [0.15, 0.2) is 0 Å². The van der Waals surface area contributed by atoms with Crippen molar-refractivity contribution in [2.45, 2.75) is 78.4 Å². The van der Waals surface area contributed by atoms with Crippen molar-refractivity contribution in [3.63, 3.8) is 0 Å². The Morgan fingerprint density at radius 2 is 1.52 bits per heavy atom. The molecule has 0 radical (unpaired) electrons. The second kappa shape index (κ2) is 14.1. The Morgan fingerprint density at radius 1 is 0.926 bits per heavy atom. The number of nitrogens with one attached hydrogen (secondary N) is 1. The van der Waals surface area contributed by atoms with Gasteiger partial charge in [0, 0.05) is 24.3 Å². The molecule has 0 heterocycles. The van der Waals surface area contributed by atoms with E-state index in [-0.39, 0.29) is 29.9 Å². The van der Waals surface area contributed by atoms with Crippen LogP contribution < -0.4 is 5.32 Å². The number of ketones is 1. The first-order chi connectivity index (χ1) is 12.9. The molecular weight excluding hydrogens is 346 g/mol. The minimum atomic E-state index is 0.0245. The summed E-state index contributed by atoms with van der Waals surface area (Å²) in [5.41, 5.74) is 0. The minimum Gasteiger partial charge on any atom is -0.379 e. The highest BCUT2D eigenvalue weighted by atomic mass is 16.5. The molecule has 0 aromatic carbocycles. The SMILES string of the molecule is CCC(C)OCCOCCOCCC(=O)NC1CCC(C(=O)C(C)C)CC1. The molecule has 1 unspecified atom stereocenters. The van der Waals surface area contributed by atoms with Crippen molar-refractivity contribution >= 4 is 11.7 Å². The summed E-state index contributed by atoms with van der Waals surface area (Å²) < 4.78 is 16.4. The molecule has 1 fully saturated rings. The van der Waals surface area contributed by atoms with Crippen molar-refractivity contribution in [1.29, 1.82) is 0 Å². The van der Waals surface area contributed by atoms with Crippen molar-refractivity contribution in [2.24, 2.45) is 11.8 Å². The lowest BCUT2D eigenvalue weighted by Crippen LogP contribution is -2.39. The lowest BCUT2D eigenvalue weighted by Gasteiger charge is -2.29. The maximum Gasteiger partial charge on any atom is 0.222 e. The maximum absolute atomic E-state index is 12.0. The summed E-state index contributed by atoms with van der Waals surface area (Å²) in [6, 6.07) is 0.197. The normalized spacial score (nSPS) is 21.2. The van der Waals surface area contributed by atoms with Gasteiger partial charge in [-0.15, -0.1) is 0 Å². The van der Waals surface area contributed by atoms with Crippen LogP contribution in [0.4, 0.5) is 0 Å². The van der Waals surface area contributed by atoms with E-state index in [2.05, 4.69) is 12.2 Å². The topological polar surface area (TPSA) is 73.9 Å². The molecule has 27 heavy (non-hydrogen) atoms. The molecule has 1 N–H and O–H groups in total. The number of amides is 1. The Labute approximate surface area is 164 Å². The molecule has 1 rings (SSSR count). The number of ether oxygens (including phenoxy) is 3. The Morgan fingerprint density at radius 3 is 2.11 bits per heavy atom. The van der Waals surface area contributed by atoms with Gasteiger partial charge in [-0.2, -0.15) is 0 Å². The number of hydrogen-bond donors (Lipinski definition) is 1. The Balaban J connectivity index is 1.97. The number of rotatable bonds is 14.